The van der Waals surface area contributed by atoms with Crippen LogP contribution in [0.3, 0.4) is 0 Å². The smallest absolute Gasteiger partial charge is 0.264 e. The Morgan fingerprint density at radius 2 is 1.97 bits per heavy atom. The molecule has 1 atom stereocenters. The quantitative estimate of drug-likeness (QED) is 0.424. The molecule has 9 nitrogen and oxygen atoms in total. The molecule has 2 amide bonds. The van der Waals surface area contributed by atoms with E-state index in [-0.39, 0.29) is 36.5 Å². The lowest BCUT2D eigenvalue weighted by Gasteiger charge is -2.48. The van der Waals surface area contributed by atoms with Gasteiger partial charge >= 0.3 is 0 Å². The number of nitrogens with one attached hydrogen (secondary N) is 2. The summed E-state index contributed by atoms with van der Waals surface area (Å²) in [4.78, 5) is 41.0. The fourth-order valence-electron chi connectivity index (χ4n) is 3.80. The van der Waals surface area contributed by atoms with Crippen molar-refractivity contribution in [1.82, 2.24) is 25.2 Å². The number of aliphatic hydroxyl groups excluding tert-OH is 2. The van der Waals surface area contributed by atoms with Crippen molar-refractivity contribution in [2.75, 3.05) is 26.3 Å². The lowest BCUT2D eigenvalue weighted by molar-refractivity contribution is -0.0587. The normalized spacial score (nSPS) is 16.4. The highest BCUT2D eigenvalue weighted by molar-refractivity contribution is 7.17. The van der Waals surface area contributed by atoms with Crippen molar-refractivity contribution in [3.8, 4) is 10.6 Å². The number of H-pyrrole nitrogens is 1. The number of aryl methyl sites for hydroxylation is 1. The predicted molar refractivity (Wildman–Crippen MR) is 131 cm³/mol. The zero-order valence-corrected chi connectivity index (χ0v) is 20.9. The second kappa shape index (κ2) is 8.75. The van der Waals surface area contributed by atoms with E-state index in [4.69, 9.17) is 4.98 Å². The first-order valence-electron chi connectivity index (χ1n) is 11.2. The van der Waals surface area contributed by atoms with Crippen molar-refractivity contribution in [2.24, 2.45) is 10.8 Å². The molecule has 182 valence electrons. The fraction of sp³-hybridized carbons (Fsp3) is 0.500. The highest BCUT2D eigenvalue weighted by atomic mass is 32.1. The van der Waals surface area contributed by atoms with Crippen LogP contribution < -0.4 is 5.32 Å². The summed E-state index contributed by atoms with van der Waals surface area (Å²) in [5, 5.41) is 22.0. The molecule has 0 bridgehead atoms. The number of likely N-dealkylation sites (tertiary alicyclic amines) is 1. The van der Waals surface area contributed by atoms with Gasteiger partial charge in [-0.15, -0.1) is 11.3 Å². The first kappa shape index (κ1) is 24.3. The number of amides is 2. The number of fused-ring (bicyclic) bond motifs is 1. The van der Waals surface area contributed by atoms with E-state index < -0.39 is 5.41 Å². The average molecular weight is 486 g/mol. The Labute approximate surface area is 202 Å². The van der Waals surface area contributed by atoms with Crippen LogP contribution in [0.15, 0.2) is 18.5 Å². The number of carbonyl (C=O) groups is 2. The van der Waals surface area contributed by atoms with Crippen LogP contribution in [0.4, 0.5) is 0 Å². The van der Waals surface area contributed by atoms with E-state index in [0.29, 0.717) is 40.4 Å². The van der Waals surface area contributed by atoms with Gasteiger partial charge in [-0.2, -0.15) is 0 Å². The molecule has 4 N–H and O–H groups in total. The Kier molecular flexibility index (Phi) is 6.26. The Hall–Kier alpha value is -2.82. The average Bonchev–Trinajstić information content (AvgIpc) is 3.36. The molecule has 4 heterocycles. The molecule has 0 aromatic carbocycles. The number of nitrogens with zero attached hydrogens (tertiary/aromatic N) is 3. The molecule has 1 fully saturated rings. The van der Waals surface area contributed by atoms with E-state index in [2.05, 4.69) is 36.1 Å². The summed E-state index contributed by atoms with van der Waals surface area (Å²) in [5.41, 5.74) is 2.13. The number of hydrogen-bond donors (Lipinski definition) is 4. The summed E-state index contributed by atoms with van der Waals surface area (Å²) in [7, 11) is 0. The monoisotopic (exact) mass is 485 g/mol. The van der Waals surface area contributed by atoms with Gasteiger partial charge in [-0.1, -0.05) is 20.8 Å². The number of hydrogen-bond acceptors (Lipinski definition) is 7. The SMILES string of the molecule is Cc1cc(-c2cnc3[nH]cc(C(=O)N[C@@H](C)C(C)(C)C)c3n2)sc1C(=O)N1CC(CO)(CO)C1. The molecule has 3 aromatic rings. The van der Waals surface area contributed by atoms with Crippen molar-refractivity contribution in [3.05, 3.63) is 34.5 Å². The zero-order valence-electron chi connectivity index (χ0n) is 20.1. The predicted octanol–water partition coefficient (Wildman–Crippen LogP) is 2.59. The Balaban J connectivity index is 1.59. The summed E-state index contributed by atoms with van der Waals surface area (Å²) in [6, 6.07) is 1.86. The van der Waals surface area contributed by atoms with Gasteiger partial charge in [0, 0.05) is 25.3 Å². The van der Waals surface area contributed by atoms with Gasteiger partial charge in [0.2, 0.25) is 0 Å². The lowest BCUT2D eigenvalue weighted by atomic mass is 9.81. The molecule has 1 aliphatic heterocycles. The zero-order chi connectivity index (χ0) is 24.8. The summed E-state index contributed by atoms with van der Waals surface area (Å²) < 4.78 is 0. The molecular formula is C24H31N5O4S. The topological polar surface area (TPSA) is 131 Å². The van der Waals surface area contributed by atoms with Crippen LogP contribution in [-0.2, 0) is 0 Å². The van der Waals surface area contributed by atoms with E-state index in [0.717, 1.165) is 10.4 Å². The molecule has 4 rings (SSSR count). The van der Waals surface area contributed by atoms with Crippen LogP contribution in [0.2, 0.25) is 0 Å². The highest BCUT2D eigenvalue weighted by Crippen LogP contribution is 2.36. The van der Waals surface area contributed by atoms with Gasteiger partial charge in [-0.25, -0.2) is 9.97 Å². The van der Waals surface area contributed by atoms with Crippen LogP contribution in [-0.4, -0.2) is 74.2 Å². The second-order valence-corrected chi connectivity index (χ2v) is 11.4. The van der Waals surface area contributed by atoms with E-state index >= 15 is 0 Å². The third-order valence-electron chi connectivity index (χ3n) is 6.65. The first-order chi connectivity index (χ1) is 16.0. The second-order valence-electron chi connectivity index (χ2n) is 10.3. The van der Waals surface area contributed by atoms with Crippen LogP contribution in [0.5, 0.6) is 0 Å². The Morgan fingerprint density at radius 3 is 2.59 bits per heavy atom. The van der Waals surface area contributed by atoms with Crippen LogP contribution in [0.25, 0.3) is 21.7 Å². The van der Waals surface area contributed by atoms with Gasteiger partial charge in [-0.05, 0) is 30.9 Å². The van der Waals surface area contributed by atoms with Gasteiger partial charge in [-0.3, -0.25) is 9.59 Å². The van der Waals surface area contributed by atoms with Crippen molar-refractivity contribution in [3.63, 3.8) is 0 Å². The molecule has 0 radical (unpaired) electrons. The number of aromatic amines is 1. The standard InChI is InChI=1S/C24H31N5O4S/c1-13-6-17(34-19(13)22(33)29-9-24(10-29,11-30)12-31)16-8-26-20-18(28-16)15(7-25-20)21(32)27-14(2)23(3,4)5/h6-8,14,30-31H,9-12H2,1-5H3,(H,25,26)(H,27,32)/t14-/m0/s1. The van der Waals surface area contributed by atoms with Crippen LogP contribution in [0, 0.1) is 17.8 Å². The number of rotatable bonds is 6. The largest absolute Gasteiger partial charge is 0.396 e. The molecule has 3 aromatic heterocycles. The maximum atomic E-state index is 13.0. The minimum Gasteiger partial charge on any atom is -0.396 e. The number of aliphatic hydroxyl groups is 2. The summed E-state index contributed by atoms with van der Waals surface area (Å²) >= 11 is 1.32. The Bertz CT molecular complexity index is 1230. The number of aromatic nitrogens is 3. The van der Waals surface area contributed by atoms with Gasteiger partial charge in [0.1, 0.15) is 5.52 Å². The van der Waals surface area contributed by atoms with Gasteiger partial charge in [0.25, 0.3) is 11.8 Å². The van der Waals surface area contributed by atoms with Gasteiger partial charge in [0.15, 0.2) is 5.65 Å². The molecule has 0 unspecified atom stereocenters. The highest BCUT2D eigenvalue weighted by Gasteiger charge is 2.45. The van der Waals surface area contributed by atoms with Crippen LogP contribution >= 0.6 is 11.3 Å². The fourth-order valence-corrected chi connectivity index (χ4v) is 4.89. The van der Waals surface area contributed by atoms with Crippen molar-refractivity contribution in [2.45, 2.75) is 40.7 Å². The molecule has 0 spiro atoms. The van der Waals surface area contributed by atoms with Crippen LogP contribution in [0.1, 0.15) is 53.3 Å². The van der Waals surface area contributed by atoms with Gasteiger partial charge < -0.3 is 25.4 Å². The van der Waals surface area contributed by atoms with E-state index in [1.807, 2.05) is 19.9 Å². The maximum absolute atomic E-state index is 13.0. The van der Waals surface area contributed by atoms with Crippen molar-refractivity contribution >= 4 is 34.3 Å². The third-order valence-corrected chi connectivity index (χ3v) is 7.89. The molecule has 0 aliphatic carbocycles. The third kappa shape index (κ3) is 4.33. The molecular weight excluding hydrogens is 454 g/mol. The molecule has 34 heavy (non-hydrogen) atoms. The summed E-state index contributed by atoms with van der Waals surface area (Å²) in [6.45, 7) is 10.4. The van der Waals surface area contributed by atoms with E-state index in [1.165, 1.54) is 11.3 Å². The lowest BCUT2D eigenvalue weighted by Crippen LogP contribution is -2.61. The summed E-state index contributed by atoms with van der Waals surface area (Å²) in [6.07, 6.45) is 3.25. The minimum atomic E-state index is -0.615. The number of thiophene rings is 1. The summed E-state index contributed by atoms with van der Waals surface area (Å²) in [5.74, 6) is -0.342. The molecule has 1 aliphatic rings. The van der Waals surface area contributed by atoms with E-state index in [1.54, 1.807) is 17.3 Å². The van der Waals surface area contributed by atoms with Crippen molar-refractivity contribution < 1.29 is 19.8 Å². The number of carbonyl (C=O) groups excluding carboxylic acids is 2. The minimum absolute atomic E-state index is 0.0356. The molecule has 0 saturated carbocycles. The first-order valence-corrected chi connectivity index (χ1v) is 12.1. The molecule has 10 heteroatoms. The van der Waals surface area contributed by atoms with E-state index in [9.17, 15) is 19.8 Å². The van der Waals surface area contributed by atoms with Gasteiger partial charge in [0.05, 0.1) is 45.8 Å². The Morgan fingerprint density at radius 1 is 1.29 bits per heavy atom. The van der Waals surface area contributed by atoms with Crippen molar-refractivity contribution in [1.29, 1.82) is 0 Å². The molecule has 1 saturated heterocycles. The maximum Gasteiger partial charge on any atom is 0.264 e.